The minimum absolute atomic E-state index is 0.151. The van der Waals surface area contributed by atoms with Crippen molar-refractivity contribution >= 4 is 40.0 Å². The van der Waals surface area contributed by atoms with Gasteiger partial charge in [-0.05, 0) is 45.0 Å². The Labute approximate surface area is 170 Å². The molecule has 2 amide bonds. The van der Waals surface area contributed by atoms with Crippen LogP contribution in [0.4, 0.5) is 26.2 Å². The Bertz CT molecular complexity index is 1150. The van der Waals surface area contributed by atoms with E-state index in [9.17, 15) is 24.1 Å². The Morgan fingerprint density at radius 2 is 1.87 bits per heavy atom. The molecule has 0 aliphatic heterocycles. The van der Waals surface area contributed by atoms with Gasteiger partial charge >= 0.3 is 6.09 Å². The molecule has 1 heterocycles. The van der Waals surface area contributed by atoms with Gasteiger partial charge in [0, 0.05) is 34.9 Å². The molecule has 0 radical (unpaired) electrons. The minimum Gasteiger partial charge on any atom is -0.444 e. The van der Waals surface area contributed by atoms with Crippen LogP contribution in [0.2, 0.25) is 0 Å². The summed E-state index contributed by atoms with van der Waals surface area (Å²) in [4.78, 5) is 37.9. The summed E-state index contributed by atoms with van der Waals surface area (Å²) < 4.78 is 19.1. The molecule has 1 aromatic heterocycles. The van der Waals surface area contributed by atoms with Gasteiger partial charge in [-0.2, -0.15) is 0 Å². The Hall–Kier alpha value is -3.95. The van der Waals surface area contributed by atoms with Crippen LogP contribution in [-0.4, -0.2) is 27.5 Å². The van der Waals surface area contributed by atoms with Crippen molar-refractivity contribution < 1.29 is 23.6 Å². The lowest BCUT2D eigenvalue weighted by atomic mass is 10.1. The molecule has 0 aliphatic rings. The number of hydrogen-bond acceptors (Lipinski definition) is 5. The lowest BCUT2D eigenvalue weighted by Gasteiger charge is -2.20. The van der Waals surface area contributed by atoms with E-state index in [-0.39, 0.29) is 22.6 Å². The van der Waals surface area contributed by atoms with Gasteiger partial charge in [-0.15, -0.1) is 0 Å². The normalized spacial score (nSPS) is 11.2. The van der Waals surface area contributed by atoms with E-state index in [0.29, 0.717) is 10.9 Å². The number of halogens is 1. The second-order valence-corrected chi connectivity index (χ2v) is 7.46. The summed E-state index contributed by atoms with van der Waals surface area (Å²) in [5.74, 6) is -1.27. The Morgan fingerprint density at radius 1 is 1.13 bits per heavy atom. The van der Waals surface area contributed by atoms with E-state index in [1.807, 2.05) is 0 Å². The fourth-order valence-electron chi connectivity index (χ4n) is 2.72. The number of nitrogens with zero attached hydrogens (tertiary/aromatic N) is 1. The topological polar surface area (TPSA) is 126 Å². The molecular weight excluding hydrogens is 395 g/mol. The summed E-state index contributed by atoms with van der Waals surface area (Å²) in [6, 6.07) is 7.78. The van der Waals surface area contributed by atoms with E-state index in [1.165, 1.54) is 36.5 Å². The molecule has 0 atom stereocenters. The highest BCUT2D eigenvalue weighted by Gasteiger charge is 2.19. The summed E-state index contributed by atoms with van der Waals surface area (Å²) in [7, 11) is 0. The van der Waals surface area contributed by atoms with Gasteiger partial charge in [0.15, 0.2) is 0 Å². The van der Waals surface area contributed by atoms with Crippen LogP contribution in [0.1, 0.15) is 31.1 Å². The summed E-state index contributed by atoms with van der Waals surface area (Å²) >= 11 is 0. The average molecular weight is 414 g/mol. The van der Waals surface area contributed by atoms with Gasteiger partial charge in [-0.1, -0.05) is 0 Å². The van der Waals surface area contributed by atoms with Crippen LogP contribution in [0.5, 0.6) is 0 Å². The summed E-state index contributed by atoms with van der Waals surface area (Å²) in [5, 5.41) is 16.3. The maximum absolute atomic E-state index is 14.1. The molecule has 3 aromatic rings. The van der Waals surface area contributed by atoms with Crippen LogP contribution in [0.15, 0.2) is 42.6 Å². The molecule has 9 nitrogen and oxygen atoms in total. The predicted octanol–water partition coefficient (Wildman–Crippen LogP) is 4.81. The molecule has 10 heteroatoms. The molecule has 0 aliphatic carbocycles. The van der Waals surface area contributed by atoms with E-state index in [2.05, 4.69) is 15.6 Å². The molecule has 0 saturated heterocycles. The third-order valence-electron chi connectivity index (χ3n) is 3.98. The number of aromatic nitrogens is 1. The first kappa shape index (κ1) is 20.8. The van der Waals surface area contributed by atoms with Gasteiger partial charge in [0.2, 0.25) is 0 Å². The molecule has 0 saturated carbocycles. The summed E-state index contributed by atoms with van der Waals surface area (Å²) in [6.45, 7) is 5.02. The molecule has 3 N–H and O–H groups in total. The quantitative estimate of drug-likeness (QED) is 0.417. The molecule has 2 aromatic carbocycles. The average Bonchev–Trinajstić information content (AvgIpc) is 3.06. The zero-order valence-electron chi connectivity index (χ0n) is 16.4. The number of benzene rings is 2. The van der Waals surface area contributed by atoms with Crippen LogP contribution in [0.3, 0.4) is 0 Å². The number of ether oxygens (including phenoxy) is 1. The van der Waals surface area contributed by atoms with Gasteiger partial charge in [0.25, 0.3) is 11.6 Å². The maximum Gasteiger partial charge on any atom is 0.412 e. The lowest BCUT2D eigenvalue weighted by molar-refractivity contribution is -0.384. The van der Waals surface area contributed by atoms with Crippen LogP contribution in [0.25, 0.3) is 10.9 Å². The van der Waals surface area contributed by atoms with E-state index in [1.54, 1.807) is 20.8 Å². The molecular formula is C20H19FN4O5. The fourth-order valence-corrected chi connectivity index (χ4v) is 2.72. The smallest absolute Gasteiger partial charge is 0.412 e. The summed E-state index contributed by atoms with van der Waals surface area (Å²) in [5.41, 5.74) is -0.132. The molecule has 156 valence electrons. The number of nitrogens with one attached hydrogen (secondary N) is 3. The van der Waals surface area contributed by atoms with Crippen molar-refractivity contribution in [1.29, 1.82) is 0 Å². The van der Waals surface area contributed by atoms with Crippen LogP contribution >= 0.6 is 0 Å². The van der Waals surface area contributed by atoms with E-state index in [0.717, 1.165) is 6.07 Å². The van der Waals surface area contributed by atoms with Crippen molar-refractivity contribution in [3.05, 3.63) is 64.1 Å². The monoisotopic (exact) mass is 414 g/mol. The molecule has 0 unspecified atom stereocenters. The third-order valence-corrected chi connectivity index (χ3v) is 3.98. The standard InChI is InChI=1S/C20H19FN4O5/c1-20(2,3)30-19(27)24-17-8-11(4-6-15(17)21)23-18(26)14-10-22-16-7-5-12(25(28)29)9-13(14)16/h4-10,22H,1-3H3,(H,23,26)(H,24,27). The Kier molecular flexibility index (Phi) is 5.41. The summed E-state index contributed by atoms with van der Waals surface area (Å²) in [6.07, 6.45) is 0.585. The number of rotatable bonds is 4. The van der Waals surface area contributed by atoms with Crippen molar-refractivity contribution in [1.82, 2.24) is 4.98 Å². The number of nitro groups is 1. The predicted molar refractivity (Wildman–Crippen MR) is 109 cm³/mol. The Morgan fingerprint density at radius 3 is 2.53 bits per heavy atom. The number of fused-ring (bicyclic) bond motifs is 1. The van der Waals surface area contributed by atoms with Crippen molar-refractivity contribution in [3.63, 3.8) is 0 Å². The number of carbonyl (C=O) groups is 2. The van der Waals surface area contributed by atoms with Crippen molar-refractivity contribution in [2.45, 2.75) is 26.4 Å². The number of aromatic amines is 1. The van der Waals surface area contributed by atoms with Gasteiger partial charge in [0.1, 0.15) is 11.4 Å². The van der Waals surface area contributed by atoms with Gasteiger partial charge in [-0.3, -0.25) is 20.2 Å². The SMILES string of the molecule is CC(C)(C)OC(=O)Nc1cc(NC(=O)c2c[nH]c3ccc([N+](=O)[O-])cc23)ccc1F. The number of anilines is 2. The van der Waals surface area contributed by atoms with Crippen molar-refractivity contribution in [2.75, 3.05) is 10.6 Å². The van der Waals surface area contributed by atoms with Crippen LogP contribution < -0.4 is 10.6 Å². The molecule has 0 fully saturated rings. The van der Waals surface area contributed by atoms with Gasteiger partial charge in [0.05, 0.1) is 16.2 Å². The lowest BCUT2D eigenvalue weighted by Crippen LogP contribution is -2.27. The molecule has 30 heavy (non-hydrogen) atoms. The first-order chi connectivity index (χ1) is 14.0. The number of nitro benzene ring substituents is 1. The van der Waals surface area contributed by atoms with Crippen LogP contribution in [-0.2, 0) is 4.74 Å². The zero-order valence-corrected chi connectivity index (χ0v) is 16.4. The maximum atomic E-state index is 14.1. The second-order valence-electron chi connectivity index (χ2n) is 7.46. The fraction of sp³-hybridized carbons (Fsp3) is 0.200. The minimum atomic E-state index is -0.839. The molecule has 3 rings (SSSR count). The number of hydrogen-bond donors (Lipinski definition) is 3. The highest BCUT2D eigenvalue weighted by Crippen LogP contribution is 2.26. The Balaban J connectivity index is 1.82. The molecule has 0 bridgehead atoms. The second kappa shape index (κ2) is 7.82. The highest BCUT2D eigenvalue weighted by molar-refractivity contribution is 6.13. The molecule has 0 spiro atoms. The van der Waals surface area contributed by atoms with Crippen molar-refractivity contribution in [3.8, 4) is 0 Å². The van der Waals surface area contributed by atoms with Gasteiger partial charge in [-0.25, -0.2) is 9.18 Å². The number of amides is 2. The number of H-pyrrole nitrogens is 1. The van der Waals surface area contributed by atoms with E-state index < -0.39 is 28.3 Å². The first-order valence-corrected chi connectivity index (χ1v) is 8.90. The van der Waals surface area contributed by atoms with Gasteiger partial charge < -0.3 is 15.0 Å². The highest BCUT2D eigenvalue weighted by atomic mass is 19.1. The third kappa shape index (κ3) is 4.72. The van der Waals surface area contributed by atoms with Crippen LogP contribution in [0, 0.1) is 15.9 Å². The van der Waals surface area contributed by atoms with Crippen molar-refractivity contribution in [2.24, 2.45) is 0 Å². The largest absolute Gasteiger partial charge is 0.444 e. The first-order valence-electron chi connectivity index (χ1n) is 8.90. The number of non-ortho nitro benzene ring substituents is 1. The number of carbonyl (C=O) groups excluding carboxylic acids is 2. The zero-order chi connectivity index (χ0) is 22.1. The van der Waals surface area contributed by atoms with E-state index >= 15 is 0 Å². The van der Waals surface area contributed by atoms with E-state index in [4.69, 9.17) is 4.74 Å².